The molecule has 0 radical (unpaired) electrons. The van der Waals surface area contributed by atoms with E-state index >= 15 is 0 Å². The highest BCUT2D eigenvalue weighted by Crippen LogP contribution is 2.43. The fourth-order valence-corrected chi connectivity index (χ4v) is 5.89. The van der Waals surface area contributed by atoms with Gasteiger partial charge in [0.1, 0.15) is 31.6 Å². The van der Waals surface area contributed by atoms with Crippen LogP contribution in [-0.2, 0) is 18.3 Å². The van der Waals surface area contributed by atoms with Gasteiger partial charge in [-0.1, -0.05) is 83.6 Å². The van der Waals surface area contributed by atoms with Crippen LogP contribution in [0.3, 0.4) is 0 Å². The van der Waals surface area contributed by atoms with Crippen molar-refractivity contribution >= 4 is 30.1 Å². The van der Waals surface area contributed by atoms with Crippen LogP contribution in [0.4, 0.5) is 5.69 Å². The second-order valence-electron chi connectivity index (χ2n) is 13.6. The van der Waals surface area contributed by atoms with Gasteiger partial charge in [0, 0.05) is 44.3 Å². The minimum absolute atomic E-state index is 0.0626. The largest absolute Gasteiger partial charge is 0.490 e. The van der Waals surface area contributed by atoms with E-state index in [1.54, 1.807) is 0 Å². The Bertz CT molecular complexity index is 1210. The molecule has 0 saturated carbocycles. The molecule has 1 N–H and O–H groups in total. The summed E-state index contributed by atoms with van der Waals surface area (Å²) < 4.78 is 35.0. The quantitative estimate of drug-likeness (QED) is 0.0463. The van der Waals surface area contributed by atoms with Crippen LogP contribution >= 0.6 is 7.82 Å². The minimum atomic E-state index is -4.24. The number of hydrogen-bond donors (Lipinski definition) is 1. The van der Waals surface area contributed by atoms with Crippen LogP contribution < -0.4 is 9.64 Å². The molecule has 0 aromatic heterocycles. The van der Waals surface area contributed by atoms with E-state index < -0.39 is 13.9 Å². The summed E-state index contributed by atoms with van der Waals surface area (Å²) in [7, 11) is 7.11. The number of nitrogens with zero attached hydrogens (tertiary/aromatic N) is 2. The van der Waals surface area contributed by atoms with Crippen molar-refractivity contribution in [3.8, 4) is 5.75 Å². The van der Waals surface area contributed by atoms with Crippen molar-refractivity contribution in [1.29, 1.82) is 0 Å². The van der Waals surface area contributed by atoms with Gasteiger partial charge < -0.3 is 23.8 Å². The third-order valence-electron chi connectivity index (χ3n) is 8.19. The number of carbonyl (C=O) groups excluding carboxylic acids is 1. The summed E-state index contributed by atoms with van der Waals surface area (Å²) in [5, 5.41) is 1.79. The summed E-state index contributed by atoms with van der Waals surface area (Å²) in [6.45, 7) is 2.78. The van der Waals surface area contributed by atoms with Gasteiger partial charge >= 0.3 is 7.82 Å². The first kappa shape index (κ1) is 40.2. The summed E-state index contributed by atoms with van der Waals surface area (Å²) in [6, 6.07) is 9.81. The molecule has 2 rings (SSSR count). The van der Waals surface area contributed by atoms with E-state index in [9.17, 15) is 14.3 Å². The summed E-state index contributed by atoms with van der Waals surface area (Å²) in [4.78, 5) is 25.4. The monoisotopic (exact) mass is 665 g/mol. The highest BCUT2D eigenvalue weighted by atomic mass is 31.2. The molecule has 0 aliphatic carbocycles. The summed E-state index contributed by atoms with van der Waals surface area (Å²) in [5.74, 6) is 0.669. The number of hydrogen-bond acceptors (Lipinski definition) is 7. The van der Waals surface area contributed by atoms with Gasteiger partial charge in [0.2, 0.25) is 0 Å². The summed E-state index contributed by atoms with van der Waals surface area (Å²) in [5.41, 5.74) is 1.63. The second kappa shape index (κ2) is 21.1. The van der Waals surface area contributed by atoms with Crippen molar-refractivity contribution in [2.45, 2.75) is 96.5 Å². The number of Topliss-reactive ketones (excluding diaryl/α,β-unsaturated/α-hetero) is 1. The Kier molecular flexibility index (Phi) is 18.4. The van der Waals surface area contributed by atoms with Crippen molar-refractivity contribution in [1.82, 2.24) is 0 Å². The molecule has 9 nitrogen and oxygen atoms in total. The number of likely N-dealkylation sites (N-methyl/N-ethyl adjacent to an activating group) is 1. The maximum Gasteiger partial charge on any atom is 0.472 e. The normalized spacial score (nSPS) is 13.9. The number of ether oxygens (including phenoxy) is 2. The molecule has 0 fully saturated rings. The van der Waals surface area contributed by atoms with Crippen molar-refractivity contribution in [3.63, 3.8) is 0 Å². The molecular formula is C36H62N2O7P+. The number of rotatable bonds is 26. The molecule has 2 aromatic carbocycles. The van der Waals surface area contributed by atoms with Crippen molar-refractivity contribution in [2.75, 3.05) is 73.6 Å². The predicted molar refractivity (Wildman–Crippen MR) is 189 cm³/mol. The van der Waals surface area contributed by atoms with E-state index in [1.165, 1.54) is 71.3 Å². The Balaban J connectivity index is 1.95. The number of quaternary nitrogens is 1. The molecule has 0 spiro atoms. The lowest BCUT2D eigenvalue weighted by molar-refractivity contribution is -0.870. The number of anilines is 1. The van der Waals surface area contributed by atoms with Crippen LogP contribution in [-0.4, -0.2) is 90.0 Å². The number of benzene rings is 2. The van der Waals surface area contributed by atoms with Crippen molar-refractivity contribution in [3.05, 3.63) is 35.9 Å². The fourth-order valence-electron chi connectivity index (χ4n) is 5.15. The maximum atomic E-state index is 13.3. The predicted octanol–water partition coefficient (Wildman–Crippen LogP) is 8.41. The zero-order valence-corrected chi connectivity index (χ0v) is 30.6. The SMILES string of the molecule is CCCCCCCCCCCCCCC(=O)c1cc(OC[C@H](COP(=O)(O)OCC[N+](C)(C)C)OC)c2cc(N(C)C)ccc2c1. The van der Waals surface area contributed by atoms with Gasteiger partial charge in [0.15, 0.2) is 5.78 Å². The van der Waals surface area contributed by atoms with Gasteiger partial charge in [-0.05, 0) is 36.1 Å². The minimum Gasteiger partial charge on any atom is -0.490 e. The Morgan fingerprint density at radius 3 is 2.04 bits per heavy atom. The smallest absolute Gasteiger partial charge is 0.472 e. The van der Waals surface area contributed by atoms with Gasteiger partial charge in [-0.15, -0.1) is 0 Å². The zero-order valence-electron chi connectivity index (χ0n) is 29.7. The number of fused-ring (bicyclic) bond motifs is 1. The van der Waals surface area contributed by atoms with Gasteiger partial charge in [-0.3, -0.25) is 13.8 Å². The number of methoxy groups -OCH3 is 1. The molecular weight excluding hydrogens is 603 g/mol. The van der Waals surface area contributed by atoms with Crippen LogP contribution in [0.25, 0.3) is 10.8 Å². The van der Waals surface area contributed by atoms with E-state index in [-0.39, 0.29) is 25.6 Å². The van der Waals surface area contributed by atoms with E-state index in [2.05, 4.69) is 6.92 Å². The van der Waals surface area contributed by atoms with Gasteiger partial charge in [-0.25, -0.2) is 4.57 Å². The van der Waals surface area contributed by atoms with Crippen LogP contribution in [0.5, 0.6) is 5.75 Å². The number of ketones is 1. The molecule has 0 amide bonds. The Labute approximate surface area is 278 Å². The van der Waals surface area contributed by atoms with E-state index in [1.807, 2.05) is 70.5 Å². The standard InChI is InChI=1S/C36H61N2O7P/c1-8-9-10-11-12-13-14-15-16-17-18-19-20-35(39)31-25-30-21-22-32(37(2)3)27-34(30)36(26-31)43-28-33(42-7)29-45-46(40,41)44-24-23-38(4,5)6/h21-22,25-27,33H,8-20,23-24,28-29H2,1-7H3/p+1/t33-/m1/s1. The Morgan fingerprint density at radius 2 is 1.48 bits per heavy atom. The number of phosphoric ester groups is 1. The molecule has 0 heterocycles. The molecule has 10 heteroatoms. The van der Waals surface area contributed by atoms with Gasteiger partial charge in [0.25, 0.3) is 0 Å². The van der Waals surface area contributed by atoms with E-state index in [4.69, 9.17) is 18.5 Å². The number of phosphoric acid groups is 1. The van der Waals surface area contributed by atoms with Gasteiger partial charge in [-0.2, -0.15) is 0 Å². The molecule has 0 saturated heterocycles. The third-order valence-corrected chi connectivity index (χ3v) is 9.18. The Hall–Kier alpha value is -2.00. The third kappa shape index (κ3) is 16.2. The summed E-state index contributed by atoms with van der Waals surface area (Å²) in [6.07, 6.45) is 14.9. The van der Waals surface area contributed by atoms with Crippen molar-refractivity contribution in [2.24, 2.45) is 0 Å². The molecule has 2 atom stereocenters. The average molecular weight is 666 g/mol. The van der Waals surface area contributed by atoms with E-state index in [0.29, 0.717) is 28.8 Å². The average Bonchev–Trinajstić information content (AvgIpc) is 3.00. The van der Waals surface area contributed by atoms with E-state index in [0.717, 1.165) is 29.3 Å². The topological polar surface area (TPSA) is 94.5 Å². The zero-order chi connectivity index (χ0) is 34.0. The lowest BCUT2D eigenvalue weighted by Gasteiger charge is -2.24. The molecule has 0 aliphatic rings. The molecule has 0 aliphatic heterocycles. The molecule has 0 bridgehead atoms. The molecule has 1 unspecified atom stereocenters. The van der Waals surface area contributed by atoms with Gasteiger partial charge in [0.05, 0.1) is 27.7 Å². The van der Waals surface area contributed by atoms with Crippen molar-refractivity contribution < 1.29 is 37.3 Å². The highest BCUT2D eigenvalue weighted by Gasteiger charge is 2.25. The fraction of sp³-hybridized carbons (Fsp3) is 0.694. The number of unbranched alkanes of at least 4 members (excludes halogenated alkanes) is 11. The Morgan fingerprint density at radius 1 is 0.870 bits per heavy atom. The van der Waals surface area contributed by atoms with Crippen LogP contribution in [0.1, 0.15) is 101 Å². The van der Waals surface area contributed by atoms with Crippen LogP contribution in [0.15, 0.2) is 30.3 Å². The second-order valence-corrected chi connectivity index (χ2v) is 15.1. The van der Waals surface area contributed by atoms with Crippen LogP contribution in [0, 0.1) is 0 Å². The van der Waals surface area contributed by atoms with Crippen LogP contribution in [0.2, 0.25) is 0 Å². The lowest BCUT2D eigenvalue weighted by Crippen LogP contribution is -2.37. The first-order chi connectivity index (χ1) is 21.8. The molecule has 46 heavy (non-hydrogen) atoms. The summed E-state index contributed by atoms with van der Waals surface area (Å²) >= 11 is 0. The highest BCUT2D eigenvalue weighted by molar-refractivity contribution is 7.47. The maximum absolute atomic E-state index is 13.3. The lowest BCUT2D eigenvalue weighted by atomic mass is 9.99. The first-order valence-corrected chi connectivity index (χ1v) is 18.7. The first-order valence-electron chi connectivity index (χ1n) is 17.2. The molecule has 262 valence electrons. The molecule has 2 aromatic rings. The number of carbonyl (C=O) groups is 1.